The van der Waals surface area contributed by atoms with Crippen LogP contribution >= 0.6 is 0 Å². The minimum Gasteiger partial charge on any atom is -0.452 e. The third-order valence-corrected chi connectivity index (χ3v) is 7.46. The number of benzene rings is 1. The zero-order chi connectivity index (χ0) is 23.5. The highest BCUT2D eigenvalue weighted by Crippen LogP contribution is 2.32. The van der Waals surface area contributed by atoms with Gasteiger partial charge in [0.15, 0.2) is 16.4 Å². The van der Waals surface area contributed by atoms with E-state index in [1.54, 1.807) is 0 Å². The maximum Gasteiger partial charge on any atom is 0.338 e. The summed E-state index contributed by atoms with van der Waals surface area (Å²) in [6.45, 7) is 5.08. The highest BCUT2D eigenvalue weighted by atomic mass is 32.2. The van der Waals surface area contributed by atoms with Crippen molar-refractivity contribution >= 4 is 33.1 Å². The molecular weight excluding hydrogens is 438 g/mol. The summed E-state index contributed by atoms with van der Waals surface area (Å²) in [5.74, 6) is -1.26. The number of carbonyl (C=O) groups is 2. The maximum absolute atomic E-state index is 12.8. The van der Waals surface area contributed by atoms with Crippen LogP contribution in [0, 0.1) is 16.0 Å². The number of rotatable bonds is 8. The lowest BCUT2D eigenvalue weighted by Gasteiger charge is -2.29. The SMILES string of the molecule is CC(C)CN(C(=O)COC(=O)c1ccc(N2CCCC2)c([N+](=O)[O-])c1)C1CCS(=O)(=O)C1. The van der Waals surface area contributed by atoms with Gasteiger partial charge in [-0.15, -0.1) is 0 Å². The van der Waals surface area contributed by atoms with Crippen LogP contribution in [0.3, 0.4) is 0 Å². The summed E-state index contributed by atoms with van der Waals surface area (Å²) in [5.41, 5.74) is 0.280. The number of carbonyl (C=O) groups excluding carboxylic acids is 2. The van der Waals surface area contributed by atoms with Gasteiger partial charge in [-0.05, 0) is 37.3 Å². The largest absolute Gasteiger partial charge is 0.452 e. The van der Waals surface area contributed by atoms with E-state index in [1.807, 2.05) is 18.7 Å². The second-order valence-corrected chi connectivity index (χ2v) is 11.0. The van der Waals surface area contributed by atoms with Crippen molar-refractivity contribution in [1.29, 1.82) is 0 Å². The van der Waals surface area contributed by atoms with E-state index in [0.717, 1.165) is 25.9 Å². The van der Waals surface area contributed by atoms with Gasteiger partial charge in [0.05, 0.1) is 22.0 Å². The molecule has 32 heavy (non-hydrogen) atoms. The number of nitro groups is 1. The van der Waals surface area contributed by atoms with Crippen LogP contribution in [0.1, 0.15) is 43.5 Å². The normalized spacial score (nSPS) is 19.8. The highest BCUT2D eigenvalue weighted by Gasteiger charge is 2.35. The van der Waals surface area contributed by atoms with Crippen molar-refractivity contribution in [2.24, 2.45) is 5.92 Å². The Morgan fingerprint density at radius 1 is 1.28 bits per heavy atom. The Kier molecular flexibility index (Phi) is 7.37. The van der Waals surface area contributed by atoms with E-state index in [1.165, 1.54) is 23.1 Å². The van der Waals surface area contributed by atoms with E-state index in [2.05, 4.69) is 0 Å². The fourth-order valence-electron chi connectivity index (χ4n) is 4.18. The Bertz CT molecular complexity index is 987. The molecule has 0 bridgehead atoms. The van der Waals surface area contributed by atoms with Crippen molar-refractivity contribution in [3.8, 4) is 0 Å². The number of esters is 1. The Morgan fingerprint density at radius 3 is 2.53 bits per heavy atom. The standard InChI is InChI=1S/C21H29N3O7S/c1-15(2)12-23(17-7-10-32(29,30)14-17)20(25)13-31-21(26)16-5-6-18(19(11-16)24(27)28)22-8-3-4-9-22/h5-6,11,15,17H,3-4,7-10,12-14H2,1-2H3. The summed E-state index contributed by atoms with van der Waals surface area (Å²) in [5, 5.41) is 11.5. The molecule has 10 nitrogen and oxygen atoms in total. The van der Waals surface area contributed by atoms with Crippen molar-refractivity contribution in [2.75, 3.05) is 42.6 Å². The predicted molar refractivity (Wildman–Crippen MR) is 118 cm³/mol. The molecule has 2 saturated heterocycles. The van der Waals surface area contributed by atoms with E-state index in [0.29, 0.717) is 18.7 Å². The summed E-state index contributed by atoms with van der Waals surface area (Å²) in [6.07, 6.45) is 2.27. The minimum atomic E-state index is -3.18. The molecule has 2 aliphatic heterocycles. The first-order chi connectivity index (χ1) is 15.1. The smallest absolute Gasteiger partial charge is 0.338 e. The van der Waals surface area contributed by atoms with Gasteiger partial charge in [0.2, 0.25) is 0 Å². The molecule has 1 aromatic rings. The molecule has 1 amide bonds. The molecule has 176 valence electrons. The van der Waals surface area contributed by atoms with Gasteiger partial charge >= 0.3 is 5.97 Å². The van der Waals surface area contributed by atoms with E-state index in [-0.39, 0.29) is 28.7 Å². The van der Waals surface area contributed by atoms with Gasteiger partial charge in [-0.1, -0.05) is 13.8 Å². The Morgan fingerprint density at radius 2 is 1.97 bits per heavy atom. The number of nitro benzene ring substituents is 1. The summed E-state index contributed by atoms with van der Waals surface area (Å²) in [4.78, 5) is 39.6. The summed E-state index contributed by atoms with van der Waals surface area (Å²) >= 11 is 0. The molecule has 0 N–H and O–H groups in total. The summed E-state index contributed by atoms with van der Waals surface area (Å²) in [6, 6.07) is 3.74. The fourth-order valence-corrected chi connectivity index (χ4v) is 5.92. The molecule has 2 fully saturated rings. The lowest BCUT2D eigenvalue weighted by Crippen LogP contribution is -2.45. The Balaban J connectivity index is 1.68. The van der Waals surface area contributed by atoms with Gasteiger partial charge in [-0.2, -0.15) is 0 Å². The van der Waals surface area contributed by atoms with E-state index in [9.17, 15) is 28.1 Å². The maximum atomic E-state index is 12.8. The van der Waals surface area contributed by atoms with Gasteiger partial charge in [0.25, 0.3) is 11.6 Å². The number of ether oxygens (including phenoxy) is 1. The second-order valence-electron chi connectivity index (χ2n) is 8.73. The molecular formula is C21H29N3O7S. The highest BCUT2D eigenvalue weighted by molar-refractivity contribution is 7.91. The molecule has 0 aromatic heterocycles. The van der Waals surface area contributed by atoms with Crippen LogP contribution in [-0.2, 0) is 19.4 Å². The molecule has 0 radical (unpaired) electrons. The molecule has 11 heteroatoms. The number of hydrogen-bond donors (Lipinski definition) is 0. The van der Waals surface area contributed by atoms with Gasteiger partial charge in [0, 0.05) is 31.7 Å². The first kappa shape index (κ1) is 24.0. The van der Waals surface area contributed by atoms with Crippen LogP contribution in [0.4, 0.5) is 11.4 Å². The number of nitrogens with zero attached hydrogens (tertiary/aromatic N) is 3. The van der Waals surface area contributed by atoms with Gasteiger partial charge in [-0.25, -0.2) is 13.2 Å². The molecule has 2 aliphatic rings. The topological polar surface area (TPSA) is 127 Å². The average Bonchev–Trinajstić information content (AvgIpc) is 3.39. The van der Waals surface area contributed by atoms with Crippen LogP contribution in [0.25, 0.3) is 0 Å². The van der Waals surface area contributed by atoms with Gasteiger partial charge < -0.3 is 14.5 Å². The second kappa shape index (κ2) is 9.85. The van der Waals surface area contributed by atoms with E-state index >= 15 is 0 Å². The van der Waals surface area contributed by atoms with Crippen LogP contribution in [0.2, 0.25) is 0 Å². The van der Waals surface area contributed by atoms with Crippen molar-refractivity contribution in [2.45, 2.75) is 39.2 Å². The third kappa shape index (κ3) is 5.76. The quantitative estimate of drug-likeness (QED) is 0.323. The minimum absolute atomic E-state index is 0.00805. The lowest BCUT2D eigenvalue weighted by molar-refractivity contribution is -0.384. The third-order valence-electron chi connectivity index (χ3n) is 5.71. The van der Waals surface area contributed by atoms with Crippen molar-refractivity contribution in [3.05, 3.63) is 33.9 Å². The van der Waals surface area contributed by atoms with E-state index in [4.69, 9.17) is 4.74 Å². The molecule has 1 unspecified atom stereocenters. The van der Waals surface area contributed by atoms with Crippen LogP contribution in [0.15, 0.2) is 18.2 Å². The van der Waals surface area contributed by atoms with Crippen LogP contribution in [-0.4, -0.2) is 73.9 Å². The molecule has 3 rings (SSSR count). The lowest BCUT2D eigenvalue weighted by atomic mass is 10.1. The van der Waals surface area contributed by atoms with Gasteiger partial charge in [-0.3, -0.25) is 14.9 Å². The van der Waals surface area contributed by atoms with Crippen molar-refractivity contribution in [1.82, 2.24) is 4.90 Å². The van der Waals surface area contributed by atoms with Crippen LogP contribution < -0.4 is 4.90 Å². The van der Waals surface area contributed by atoms with E-state index < -0.39 is 39.3 Å². The predicted octanol–water partition coefficient (Wildman–Crippen LogP) is 2.02. The first-order valence-corrected chi connectivity index (χ1v) is 12.6. The average molecular weight is 468 g/mol. The first-order valence-electron chi connectivity index (χ1n) is 10.8. The number of sulfone groups is 1. The summed E-state index contributed by atoms with van der Waals surface area (Å²) < 4.78 is 28.8. The molecule has 0 spiro atoms. The van der Waals surface area contributed by atoms with Gasteiger partial charge in [0.1, 0.15) is 5.69 Å². The molecule has 2 heterocycles. The number of hydrogen-bond acceptors (Lipinski definition) is 8. The summed E-state index contributed by atoms with van der Waals surface area (Å²) in [7, 11) is -3.18. The number of amides is 1. The molecule has 0 saturated carbocycles. The molecule has 1 atom stereocenters. The van der Waals surface area contributed by atoms with Crippen LogP contribution in [0.5, 0.6) is 0 Å². The fraction of sp³-hybridized carbons (Fsp3) is 0.619. The number of anilines is 1. The zero-order valence-corrected chi connectivity index (χ0v) is 19.2. The molecule has 0 aliphatic carbocycles. The van der Waals surface area contributed by atoms with Crippen molar-refractivity contribution < 1.29 is 27.7 Å². The van der Waals surface area contributed by atoms with Crippen molar-refractivity contribution in [3.63, 3.8) is 0 Å². The monoisotopic (exact) mass is 467 g/mol. The molecule has 1 aromatic carbocycles. The zero-order valence-electron chi connectivity index (χ0n) is 18.4. The Hall–Kier alpha value is -2.69. The Labute approximate surface area is 187 Å².